The fraction of sp³-hybridized carbons (Fsp3) is 0.529. The molecular weight excluding hydrogens is 316 g/mol. The molecule has 2 amide bonds. The molecule has 0 aromatic heterocycles. The predicted molar refractivity (Wildman–Crippen MR) is 89.1 cm³/mol. The van der Waals surface area contributed by atoms with Gasteiger partial charge in [-0.25, -0.2) is 0 Å². The maximum Gasteiger partial charge on any atom is 0.242 e. The van der Waals surface area contributed by atoms with E-state index in [1.165, 1.54) is 6.92 Å². The molecule has 1 aliphatic heterocycles. The fourth-order valence-electron chi connectivity index (χ4n) is 2.62. The van der Waals surface area contributed by atoms with Gasteiger partial charge in [-0.05, 0) is 37.5 Å². The Bertz CT molecular complexity index is 541. The monoisotopic (exact) mass is 338 g/mol. The van der Waals surface area contributed by atoms with Crippen LogP contribution in [0.25, 0.3) is 0 Å². The van der Waals surface area contributed by atoms with Gasteiger partial charge in [0.2, 0.25) is 11.8 Å². The molecule has 1 N–H and O–H groups in total. The predicted octanol–water partition coefficient (Wildman–Crippen LogP) is 2.37. The second-order valence-corrected chi connectivity index (χ2v) is 6.27. The first kappa shape index (κ1) is 17.8. The summed E-state index contributed by atoms with van der Waals surface area (Å²) in [4.78, 5) is 25.8. The Morgan fingerprint density at radius 3 is 2.65 bits per heavy atom. The van der Waals surface area contributed by atoms with Crippen LogP contribution in [-0.2, 0) is 20.9 Å². The van der Waals surface area contributed by atoms with Gasteiger partial charge < -0.3 is 15.0 Å². The highest BCUT2D eigenvalue weighted by Gasteiger charge is 2.25. The number of halogens is 1. The van der Waals surface area contributed by atoms with E-state index in [1.54, 1.807) is 24.0 Å². The van der Waals surface area contributed by atoms with E-state index in [0.29, 0.717) is 18.1 Å². The van der Waals surface area contributed by atoms with Crippen molar-refractivity contribution in [3.63, 3.8) is 0 Å². The van der Waals surface area contributed by atoms with E-state index in [1.807, 2.05) is 12.1 Å². The number of benzene rings is 1. The van der Waals surface area contributed by atoms with Crippen molar-refractivity contribution in [2.24, 2.45) is 0 Å². The lowest BCUT2D eigenvalue weighted by molar-refractivity contribution is -0.139. The number of carbonyl (C=O) groups excluding carboxylic acids is 2. The first-order valence-corrected chi connectivity index (χ1v) is 8.26. The SMILES string of the molecule is CC(=O)N(Cc1ccc(Cl)cc1)[C@H](C)C(=O)NC[C@H]1CCCO1. The summed E-state index contributed by atoms with van der Waals surface area (Å²) in [6.45, 7) is 4.84. The maximum absolute atomic E-state index is 12.3. The van der Waals surface area contributed by atoms with Gasteiger partial charge in [-0.2, -0.15) is 0 Å². The molecule has 0 radical (unpaired) electrons. The highest BCUT2D eigenvalue weighted by molar-refractivity contribution is 6.30. The van der Waals surface area contributed by atoms with Crippen molar-refractivity contribution < 1.29 is 14.3 Å². The second kappa shape index (κ2) is 8.31. The van der Waals surface area contributed by atoms with E-state index < -0.39 is 6.04 Å². The number of amides is 2. The number of rotatable bonds is 6. The zero-order valence-corrected chi connectivity index (χ0v) is 14.3. The third-order valence-corrected chi connectivity index (χ3v) is 4.30. The minimum absolute atomic E-state index is 0.0909. The Kier molecular flexibility index (Phi) is 6.42. The first-order chi connectivity index (χ1) is 11.0. The highest BCUT2D eigenvalue weighted by atomic mass is 35.5. The molecular formula is C17H23ClN2O3. The largest absolute Gasteiger partial charge is 0.376 e. The van der Waals surface area contributed by atoms with E-state index in [-0.39, 0.29) is 17.9 Å². The lowest BCUT2D eigenvalue weighted by Crippen LogP contribution is -2.48. The summed E-state index contributed by atoms with van der Waals surface area (Å²) in [6, 6.07) is 6.73. The molecule has 1 fully saturated rings. The van der Waals surface area contributed by atoms with Crippen LogP contribution in [0.1, 0.15) is 32.3 Å². The fourth-order valence-corrected chi connectivity index (χ4v) is 2.74. The first-order valence-electron chi connectivity index (χ1n) is 7.88. The summed E-state index contributed by atoms with van der Waals surface area (Å²) in [5, 5.41) is 3.52. The van der Waals surface area contributed by atoms with Crippen LogP contribution >= 0.6 is 11.6 Å². The van der Waals surface area contributed by atoms with Crippen LogP contribution < -0.4 is 5.32 Å². The minimum atomic E-state index is -0.537. The second-order valence-electron chi connectivity index (χ2n) is 5.83. The number of nitrogens with zero attached hydrogens (tertiary/aromatic N) is 1. The van der Waals surface area contributed by atoms with Gasteiger partial charge in [0.25, 0.3) is 0 Å². The van der Waals surface area contributed by atoms with Crippen LogP contribution in [0, 0.1) is 0 Å². The molecule has 0 unspecified atom stereocenters. The van der Waals surface area contributed by atoms with Crippen LogP contribution in [0.5, 0.6) is 0 Å². The van der Waals surface area contributed by atoms with Crippen LogP contribution in [-0.4, -0.2) is 42.0 Å². The molecule has 1 aromatic rings. The van der Waals surface area contributed by atoms with E-state index in [9.17, 15) is 9.59 Å². The number of hydrogen-bond acceptors (Lipinski definition) is 3. The Morgan fingerprint density at radius 2 is 2.09 bits per heavy atom. The summed E-state index contributed by atoms with van der Waals surface area (Å²) in [5.41, 5.74) is 0.934. The molecule has 1 heterocycles. The summed E-state index contributed by atoms with van der Waals surface area (Å²) in [7, 11) is 0. The molecule has 0 spiro atoms. The average molecular weight is 339 g/mol. The van der Waals surface area contributed by atoms with Crippen LogP contribution in [0.15, 0.2) is 24.3 Å². The topological polar surface area (TPSA) is 58.6 Å². The van der Waals surface area contributed by atoms with Crippen molar-refractivity contribution in [2.45, 2.75) is 45.4 Å². The number of hydrogen-bond donors (Lipinski definition) is 1. The van der Waals surface area contributed by atoms with Gasteiger partial charge in [0.05, 0.1) is 6.10 Å². The third-order valence-electron chi connectivity index (χ3n) is 4.05. The molecule has 0 aliphatic carbocycles. The van der Waals surface area contributed by atoms with Gasteiger partial charge in [0, 0.05) is 31.6 Å². The molecule has 2 atom stereocenters. The summed E-state index contributed by atoms with van der Waals surface area (Å²) in [6.07, 6.45) is 2.09. The van der Waals surface area contributed by atoms with E-state index in [2.05, 4.69) is 5.32 Å². The number of nitrogens with one attached hydrogen (secondary N) is 1. The summed E-state index contributed by atoms with van der Waals surface area (Å²) in [5.74, 6) is -0.302. The quantitative estimate of drug-likeness (QED) is 0.866. The van der Waals surface area contributed by atoms with Crippen molar-refractivity contribution in [1.29, 1.82) is 0 Å². The molecule has 1 aliphatic rings. The van der Waals surface area contributed by atoms with Gasteiger partial charge in [0.1, 0.15) is 6.04 Å². The maximum atomic E-state index is 12.3. The summed E-state index contributed by atoms with van der Waals surface area (Å²) < 4.78 is 5.49. The standard InChI is InChI=1S/C17H23ClN2O3/c1-12(17(22)19-10-16-4-3-9-23-16)20(13(2)21)11-14-5-7-15(18)8-6-14/h5-8,12,16H,3-4,9-11H2,1-2H3,(H,19,22)/t12-,16-/m1/s1. The molecule has 1 saturated heterocycles. The van der Waals surface area contributed by atoms with Crippen LogP contribution in [0.3, 0.4) is 0 Å². The van der Waals surface area contributed by atoms with Crippen molar-refractivity contribution in [3.8, 4) is 0 Å². The summed E-state index contributed by atoms with van der Waals surface area (Å²) >= 11 is 5.87. The van der Waals surface area contributed by atoms with Gasteiger partial charge >= 0.3 is 0 Å². The van der Waals surface area contributed by atoms with Crippen molar-refractivity contribution in [2.75, 3.05) is 13.2 Å². The van der Waals surface area contributed by atoms with Crippen LogP contribution in [0.2, 0.25) is 5.02 Å². The molecule has 23 heavy (non-hydrogen) atoms. The highest BCUT2D eigenvalue weighted by Crippen LogP contribution is 2.14. The van der Waals surface area contributed by atoms with Crippen molar-refractivity contribution in [3.05, 3.63) is 34.9 Å². The lowest BCUT2D eigenvalue weighted by Gasteiger charge is -2.28. The minimum Gasteiger partial charge on any atom is -0.376 e. The third kappa shape index (κ3) is 5.22. The van der Waals surface area contributed by atoms with Gasteiger partial charge in [-0.1, -0.05) is 23.7 Å². The zero-order valence-electron chi connectivity index (χ0n) is 13.5. The van der Waals surface area contributed by atoms with Crippen LogP contribution in [0.4, 0.5) is 0 Å². The van der Waals surface area contributed by atoms with E-state index in [4.69, 9.17) is 16.3 Å². The Balaban J connectivity index is 1.93. The van der Waals surface area contributed by atoms with Gasteiger partial charge in [0.15, 0.2) is 0 Å². The Labute approximate surface area is 141 Å². The number of carbonyl (C=O) groups is 2. The number of ether oxygens (including phenoxy) is 1. The molecule has 1 aromatic carbocycles. The average Bonchev–Trinajstić information content (AvgIpc) is 3.04. The molecule has 126 valence electrons. The smallest absolute Gasteiger partial charge is 0.242 e. The van der Waals surface area contributed by atoms with E-state index in [0.717, 1.165) is 25.0 Å². The molecule has 0 saturated carbocycles. The molecule has 5 nitrogen and oxygen atoms in total. The van der Waals surface area contributed by atoms with E-state index >= 15 is 0 Å². The molecule has 0 bridgehead atoms. The Morgan fingerprint density at radius 1 is 1.39 bits per heavy atom. The lowest BCUT2D eigenvalue weighted by atomic mass is 10.1. The normalized spacial score (nSPS) is 18.5. The Hall–Kier alpha value is -1.59. The van der Waals surface area contributed by atoms with Gasteiger partial charge in [-0.3, -0.25) is 9.59 Å². The molecule has 6 heteroatoms. The molecule has 2 rings (SSSR count). The van der Waals surface area contributed by atoms with Crippen molar-refractivity contribution in [1.82, 2.24) is 10.2 Å². The zero-order chi connectivity index (χ0) is 16.8. The van der Waals surface area contributed by atoms with Gasteiger partial charge in [-0.15, -0.1) is 0 Å². The van der Waals surface area contributed by atoms with Crippen molar-refractivity contribution >= 4 is 23.4 Å².